The van der Waals surface area contributed by atoms with Crippen LogP contribution in [0.2, 0.25) is 0 Å². The highest BCUT2D eigenvalue weighted by Gasteiger charge is 2.20. The number of aromatic carboxylic acids is 2. The van der Waals surface area contributed by atoms with Crippen molar-refractivity contribution in [3.05, 3.63) is 135 Å². The highest BCUT2D eigenvalue weighted by molar-refractivity contribution is 5.94. The maximum Gasteiger partial charge on any atom is 0.338 e. The van der Waals surface area contributed by atoms with Crippen molar-refractivity contribution in [1.29, 1.82) is 0 Å². The van der Waals surface area contributed by atoms with Crippen molar-refractivity contribution in [2.75, 3.05) is 0 Å². The smallest absolute Gasteiger partial charge is 0.338 e. The van der Waals surface area contributed by atoms with E-state index in [-0.39, 0.29) is 11.1 Å². The zero-order chi connectivity index (χ0) is 41.9. The minimum absolute atomic E-state index is 0.192. The lowest BCUT2D eigenvalue weighted by Crippen LogP contribution is -2.24. The van der Waals surface area contributed by atoms with Gasteiger partial charge in [0.15, 0.2) is 5.76 Å². The standard InChI is InChI=1S/C20H16N2O4.C13H16O4.C12H13NO/c1-10-4-5-11(2)17-15(10)9-16(25-17)18-21-19(26-22-18)14-7-6-13(20(23)24)8-12(14)3;1-8-7-9(5-6-10(8)11(14)15)12(16)17-13(2,3)4;1-7-4-5-8(2)12-10(7)6-11(14-12)9(3)13/h4-9H,1-3H3,(H,23,24);5-7H,1-4H3,(H,14,15);4-6H,3,13H2,1-2H3. The van der Waals surface area contributed by atoms with Crippen LogP contribution in [-0.2, 0) is 4.74 Å². The lowest BCUT2D eigenvalue weighted by molar-refractivity contribution is 0.00687. The Morgan fingerprint density at radius 3 is 1.75 bits per heavy atom. The van der Waals surface area contributed by atoms with Gasteiger partial charge in [-0.25, -0.2) is 14.4 Å². The molecule has 4 N–H and O–H groups in total. The second-order valence-electron chi connectivity index (χ2n) is 14.7. The topological polar surface area (TPSA) is 192 Å². The van der Waals surface area contributed by atoms with Gasteiger partial charge in [-0.05, 0) is 144 Å². The first-order valence-corrected chi connectivity index (χ1v) is 17.9. The van der Waals surface area contributed by atoms with Crippen LogP contribution in [0, 0.1) is 41.5 Å². The third kappa shape index (κ3) is 9.48. The molecule has 0 saturated heterocycles. The molecule has 4 aromatic carbocycles. The number of esters is 1. The molecule has 0 spiro atoms. The first-order chi connectivity index (χ1) is 26.7. The van der Waals surface area contributed by atoms with Gasteiger partial charge >= 0.3 is 17.9 Å². The minimum Gasteiger partial charge on any atom is -0.478 e. The Morgan fingerprint density at radius 1 is 0.684 bits per heavy atom. The van der Waals surface area contributed by atoms with Crippen molar-refractivity contribution in [3.8, 4) is 23.0 Å². The number of carboxylic acids is 2. The lowest BCUT2D eigenvalue weighted by atomic mass is 10.1. The van der Waals surface area contributed by atoms with Gasteiger partial charge in [-0.1, -0.05) is 36.0 Å². The molecule has 0 radical (unpaired) electrons. The summed E-state index contributed by atoms with van der Waals surface area (Å²) < 4.78 is 22.1. The molecule has 0 amide bonds. The van der Waals surface area contributed by atoms with Gasteiger partial charge < -0.3 is 34.0 Å². The molecule has 3 aromatic heterocycles. The van der Waals surface area contributed by atoms with Crippen molar-refractivity contribution >= 4 is 45.5 Å². The van der Waals surface area contributed by atoms with E-state index in [2.05, 4.69) is 29.7 Å². The highest BCUT2D eigenvalue weighted by Crippen LogP contribution is 2.32. The van der Waals surface area contributed by atoms with Gasteiger partial charge in [-0.15, -0.1) is 0 Å². The Labute approximate surface area is 329 Å². The fourth-order valence-corrected chi connectivity index (χ4v) is 5.89. The number of hydrogen-bond acceptors (Lipinski definition) is 10. The molecule has 0 aliphatic heterocycles. The number of carbonyl (C=O) groups is 3. The van der Waals surface area contributed by atoms with E-state index in [1.807, 2.05) is 51.1 Å². The summed E-state index contributed by atoms with van der Waals surface area (Å²) in [7, 11) is 0. The number of nitrogens with two attached hydrogens (primary N) is 1. The summed E-state index contributed by atoms with van der Waals surface area (Å²) >= 11 is 0. The third-order valence-corrected chi connectivity index (χ3v) is 8.95. The van der Waals surface area contributed by atoms with Gasteiger partial charge in [0.1, 0.15) is 22.5 Å². The number of carboxylic acid groups (broad SMARTS) is 2. The zero-order valence-corrected chi connectivity index (χ0v) is 33.4. The second kappa shape index (κ2) is 16.4. The first-order valence-electron chi connectivity index (χ1n) is 17.9. The van der Waals surface area contributed by atoms with E-state index in [0.29, 0.717) is 45.6 Å². The van der Waals surface area contributed by atoms with Crippen molar-refractivity contribution in [3.63, 3.8) is 0 Å². The van der Waals surface area contributed by atoms with Crippen LogP contribution in [0.4, 0.5) is 0 Å². The van der Waals surface area contributed by atoms with E-state index in [9.17, 15) is 14.4 Å². The predicted octanol–water partition coefficient (Wildman–Crippen LogP) is 10.4. The van der Waals surface area contributed by atoms with E-state index in [1.165, 1.54) is 29.8 Å². The van der Waals surface area contributed by atoms with E-state index in [1.54, 1.807) is 46.8 Å². The van der Waals surface area contributed by atoms with Crippen molar-refractivity contribution < 1.29 is 42.7 Å². The average Bonchev–Trinajstić information content (AvgIpc) is 3.91. The van der Waals surface area contributed by atoms with Gasteiger partial charge in [0, 0.05) is 16.3 Å². The summed E-state index contributed by atoms with van der Waals surface area (Å²) in [5.74, 6) is -0.542. The largest absolute Gasteiger partial charge is 0.478 e. The normalized spacial score (nSPS) is 11.0. The summed E-state index contributed by atoms with van der Waals surface area (Å²) in [5, 5.41) is 24.1. The molecular formula is C45H45N3O9. The fraction of sp³-hybridized carbons (Fsp3) is 0.222. The second-order valence-corrected chi connectivity index (χ2v) is 14.7. The Balaban J connectivity index is 0.000000174. The van der Waals surface area contributed by atoms with E-state index in [4.69, 9.17) is 34.0 Å². The quantitative estimate of drug-likeness (QED) is 0.136. The van der Waals surface area contributed by atoms with E-state index >= 15 is 0 Å². The molecule has 12 heteroatoms. The van der Waals surface area contributed by atoms with Crippen molar-refractivity contribution in [2.45, 2.75) is 67.9 Å². The number of hydrogen-bond donors (Lipinski definition) is 3. The monoisotopic (exact) mass is 771 g/mol. The van der Waals surface area contributed by atoms with Crippen LogP contribution in [0.1, 0.15) is 91.0 Å². The fourth-order valence-electron chi connectivity index (χ4n) is 5.89. The molecule has 7 rings (SSSR count). The maximum absolute atomic E-state index is 11.7. The number of carbonyl (C=O) groups excluding carboxylic acids is 1. The first kappa shape index (κ1) is 41.2. The highest BCUT2D eigenvalue weighted by atomic mass is 16.6. The molecule has 3 heterocycles. The summed E-state index contributed by atoms with van der Waals surface area (Å²) in [6.07, 6.45) is 0. The van der Waals surface area contributed by atoms with Crippen LogP contribution >= 0.6 is 0 Å². The van der Waals surface area contributed by atoms with Crippen molar-refractivity contribution in [2.24, 2.45) is 5.73 Å². The number of nitrogens with zero attached hydrogens (tertiary/aromatic N) is 2. The molecular weight excluding hydrogens is 727 g/mol. The number of aryl methyl sites for hydroxylation is 6. The summed E-state index contributed by atoms with van der Waals surface area (Å²) in [5.41, 5.74) is 14.5. The summed E-state index contributed by atoms with van der Waals surface area (Å²) in [6, 6.07) is 21.2. The third-order valence-electron chi connectivity index (χ3n) is 8.95. The zero-order valence-electron chi connectivity index (χ0n) is 33.4. The van der Waals surface area contributed by atoms with E-state index in [0.717, 1.165) is 44.2 Å². The summed E-state index contributed by atoms with van der Waals surface area (Å²) in [4.78, 5) is 38.0. The van der Waals surface area contributed by atoms with Crippen LogP contribution in [-0.4, -0.2) is 43.9 Å². The molecule has 0 saturated carbocycles. The van der Waals surface area contributed by atoms with Gasteiger partial charge in [0.05, 0.1) is 22.4 Å². The van der Waals surface area contributed by atoms with E-state index < -0.39 is 23.5 Å². The van der Waals surface area contributed by atoms with Gasteiger partial charge in [0.25, 0.3) is 5.89 Å². The molecule has 0 unspecified atom stereocenters. The summed E-state index contributed by atoms with van der Waals surface area (Å²) in [6.45, 7) is 20.6. The van der Waals surface area contributed by atoms with Gasteiger partial charge in [0.2, 0.25) is 5.82 Å². The molecule has 7 aromatic rings. The molecule has 0 atom stereocenters. The SMILES string of the molecule is C=C(N)c1cc2c(C)ccc(C)c2o1.Cc1cc(C(=O)O)ccc1-c1nc(-c2cc3c(C)ccc(C)c3o2)no1.Cc1cc(C(=O)OC(C)(C)C)ccc1C(=O)O. The lowest BCUT2D eigenvalue weighted by Gasteiger charge is -2.19. The maximum atomic E-state index is 11.7. The predicted molar refractivity (Wildman–Crippen MR) is 218 cm³/mol. The van der Waals surface area contributed by atoms with Crippen LogP contribution in [0.15, 0.2) is 92.7 Å². The Morgan fingerprint density at radius 2 is 1.25 bits per heavy atom. The Bertz CT molecular complexity index is 2590. The molecule has 0 aliphatic rings. The van der Waals surface area contributed by atoms with Crippen LogP contribution in [0.3, 0.4) is 0 Å². The van der Waals surface area contributed by atoms with Crippen LogP contribution in [0.5, 0.6) is 0 Å². The number of aromatic nitrogens is 2. The molecule has 0 fully saturated rings. The molecule has 57 heavy (non-hydrogen) atoms. The number of benzene rings is 4. The number of ether oxygens (including phenoxy) is 1. The molecule has 0 aliphatic carbocycles. The average molecular weight is 772 g/mol. The van der Waals surface area contributed by atoms with Crippen molar-refractivity contribution in [1.82, 2.24) is 10.1 Å². The Kier molecular flexibility index (Phi) is 11.9. The van der Waals surface area contributed by atoms with Gasteiger partial charge in [-0.3, -0.25) is 0 Å². The Hall–Kier alpha value is -6.95. The molecule has 12 nitrogen and oxygen atoms in total. The number of fused-ring (bicyclic) bond motifs is 2. The molecule has 0 bridgehead atoms. The van der Waals surface area contributed by atoms with Crippen LogP contribution < -0.4 is 5.73 Å². The number of rotatable bonds is 6. The van der Waals surface area contributed by atoms with Gasteiger partial charge in [-0.2, -0.15) is 4.98 Å². The van der Waals surface area contributed by atoms with Crippen LogP contribution in [0.25, 0.3) is 50.7 Å². The number of furan rings is 2. The minimum atomic E-state index is -1.00. The molecule has 294 valence electrons.